The molecule has 0 saturated heterocycles. The van der Waals surface area contributed by atoms with E-state index in [9.17, 15) is 9.59 Å². The van der Waals surface area contributed by atoms with Crippen LogP contribution in [0.1, 0.15) is 194 Å². The van der Waals surface area contributed by atoms with Crippen molar-refractivity contribution in [2.75, 3.05) is 26.1 Å². The van der Waals surface area contributed by atoms with Crippen LogP contribution in [0.15, 0.2) is 24.3 Å². The van der Waals surface area contributed by atoms with Gasteiger partial charge in [-0.3, -0.25) is 14.5 Å². The highest BCUT2D eigenvalue weighted by Gasteiger charge is 2.16. The number of rotatable bonds is 36. The molecule has 0 saturated carbocycles. The third kappa shape index (κ3) is 34.3. The summed E-state index contributed by atoms with van der Waals surface area (Å²) in [5, 5.41) is 6.13. The molecule has 0 aromatic carbocycles. The standard InChI is InChI=1S/C41H78ClN3O2/c1-4-6-8-10-12-14-16-18-20-22-24-26-28-30-32-34-40(46)43-36-39(45(3)38-42)37-44-41(47)35-33-31-29-27-25-23-21-19-17-15-13-11-9-7-5-2/h18-21,39H,4-17,22-38H2,1-3H3,(H,43,46)(H,44,47)/b20-18-,21-19-. The van der Waals surface area contributed by atoms with Crippen LogP contribution in [0.5, 0.6) is 0 Å². The summed E-state index contributed by atoms with van der Waals surface area (Å²) < 4.78 is 0. The smallest absolute Gasteiger partial charge is 0.220 e. The number of allylic oxidation sites excluding steroid dienone is 4. The predicted octanol–water partition coefficient (Wildman–Crippen LogP) is 11.8. The van der Waals surface area contributed by atoms with Gasteiger partial charge in [-0.25, -0.2) is 0 Å². The number of carbonyl (C=O) groups is 2. The van der Waals surface area contributed by atoms with E-state index in [2.05, 4.69) is 48.8 Å². The monoisotopic (exact) mass is 680 g/mol. The van der Waals surface area contributed by atoms with Crippen molar-refractivity contribution in [1.82, 2.24) is 15.5 Å². The zero-order chi connectivity index (χ0) is 34.5. The number of hydrogen-bond donors (Lipinski definition) is 2. The molecule has 5 nitrogen and oxygen atoms in total. The van der Waals surface area contributed by atoms with E-state index in [4.69, 9.17) is 11.6 Å². The Kier molecular flexibility index (Phi) is 36.4. The molecule has 0 bridgehead atoms. The highest BCUT2D eigenvalue weighted by Crippen LogP contribution is 2.12. The number of amides is 2. The van der Waals surface area contributed by atoms with Gasteiger partial charge in [0.05, 0.1) is 6.00 Å². The number of unbranched alkanes of at least 4 members (excludes halogenated alkanes) is 22. The first-order chi connectivity index (χ1) is 23.0. The first-order valence-corrected chi connectivity index (χ1v) is 20.7. The first-order valence-electron chi connectivity index (χ1n) is 20.1. The van der Waals surface area contributed by atoms with E-state index >= 15 is 0 Å². The molecular weight excluding hydrogens is 602 g/mol. The molecule has 0 radical (unpaired) electrons. The molecule has 0 atom stereocenters. The Balaban J connectivity index is 3.78. The van der Waals surface area contributed by atoms with Crippen molar-refractivity contribution in [2.24, 2.45) is 0 Å². The van der Waals surface area contributed by atoms with Gasteiger partial charge in [0.15, 0.2) is 0 Å². The van der Waals surface area contributed by atoms with Gasteiger partial charge in [0, 0.05) is 32.0 Å². The fourth-order valence-electron chi connectivity index (χ4n) is 5.83. The normalized spacial score (nSPS) is 11.9. The molecule has 0 aromatic heterocycles. The summed E-state index contributed by atoms with van der Waals surface area (Å²) in [5.74, 6) is 0.186. The Morgan fingerprint density at radius 1 is 0.511 bits per heavy atom. The fourth-order valence-corrected chi connectivity index (χ4v) is 6.03. The maximum Gasteiger partial charge on any atom is 0.220 e. The van der Waals surface area contributed by atoms with Gasteiger partial charge in [0.25, 0.3) is 0 Å². The molecule has 0 aliphatic rings. The lowest BCUT2D eigenvalue weighted by Crippen LogP contribution is -2.48. The summed E-state index contributed by atoms with van der Waals surface area (Å²) in [7, 11) is 1.93. The summed E-state index contributed by atoms with van der Waals surface area (Å²) in [6.45, 7) is 5.54. The summed E-state index contributed by atoms with van der Waals surface area (Å²) >= 11 is 6.08. The SMILES string of the molecule is CCCCCCCC/C=C\CCCCCCCC(=O)NCC(CNC(=O)CCCCCCC/C=C\CCCCCCCC)N(C)CCl. The van der Waals surface area contributed by atoms with Gasteiger partial charge in [-0.2, -0.15) is 0 Å². The lowest BCUT2D eigenvalue weighted by atomic mass is 10.1. The number of halogens is 1. The molecular formula is C41H78ClN3O2. The second-order valence-corrected chi connectivity index (χ2v) is 14.0. The van der Waals surface area contributed by atoms with Crippen LogP contribution in [0.2, 0.25) is 0 Å². The predicted molar refractivity (Wildman–Crippen MR) is 207 cm³/mol. The van der Waals surface area contributed by atoms with Gasteiger partial charge in [0.2, 0.25) is 11.8 Å². The molecule has 0 unspecified atom stereocenters. The minimum atomic E-state index is -0.0105. The Morgan fingerprint density at radius 3 is 1.13 bits per heavy atom. The van der Waals surface area contributed by atoms with Crippen LogP contribution in [0.25, 0.3) is 0 Å². The van der Waals surface area contributed by atoms with Crippen LogP contribution >= 0.6 is 11.6 Å². The largest absolute Gasteiger partial charge is 0.354 e. The van der Waals surface area contributed by atoms with E-state index in [-0.39, 0.29) is 17.9 Å². The van der Waals surface area contributed by atoms with E-state index in [0.717, 1.165) is 25.7 Å². The van der Waals surface area contributed by atoms with Gasteiger partial charge in [-0.05, 0) is 71.3 Å². The van der Waals surface area contributed by atoms with Crippen LogP contribution in [0, 0.1) is 0 Å². The molecule has 0 aliphatic carbocycles. The molecule has 0 heterocycles. The zero-order valence-electron chi connectivity index (χ0n) is 31.4. The average Bonchev–Trinajstić information content (AvgIpc) is 3.07. The molecule has 0 rings (SSSR count). The van der Waals surface area contributed by atoms with E-state index in [1.165, 1.54) is 141 Å². The number of likely N-dealkylation sites (N-methyl/N-ethyl adjacent to an activating group) is 1. The maximum atomic E-state index is 12.4. The third-order valence-electron chi connectivity index (χ3n) is 9.21. The van der Waals surface area contributed by atoms with Crippen molar-refractivity contribution < 1.29 is 9.59 Å². The van der Waals surface area contributed by atoms with Gasteiger partial charge in [-0.15, -0.1) is 11.6 Å². The molecule has 2 N–H and O–H groups in total. The Hall–Kier alpha value is -1.33. The zero-order valence-corrected chi connectivity index (χ0v) is 32.2. The lowest BCUT2D eigenvalue weighted by molar-refractivity contribution is -0.121. The molecule has 276 valence electrons. The first kappa shape index (κ1) is 45.7. The third-order valence-corrected chi connectivity index (χ3v) is 9.59. The molecule has 0 aromatic rings. The van der Waals surface area contributed by atoms with Gasteiger partial charge in [-0.1, -0.05) is 141 Å². The van der Waals surface area contributed by atoms with E-state index < -0.39 is 0 Å². The second-order valence-electron chi connectivity index (χ2n) is 13.8. The summed E-state index contributed by atoms with van der Waals surface area (Å²) in [6.07, 6.45) is 43.2. The topological polar surface area (TPSA) is 61.4 Å². The van der Waals surface area contributed by atoms with Gasteiger partial charge >= 0.3 is 0 Å². The van der Waals surface area contributed by atoms with Crippen molar-refractivity contribution in [2.45, 2.75) is 200 Å². The summed E-state index contributed by atoms with van der Waals surface area (Å²) in [6, 6.07) is 0.349. The van der Waals surface area contributed by atoms with Crippen LogP contribution in [-0.4, -0.2) is 48.9 Å². The summed E-state index contributed by atoms with van der Waals surface area (Å²) in [4.78, 5) is 26.9. The van der Waals surface area contributed by atoms with Crippen LogP contribution < -0.4 is 10.6 Å². The van der Waals surface area contributed by atoms with E-state index in [0.29, 0.717) is 31.9 Å². The lowest BCUT2D eigenvalue weighted by Gasteiger charge is -2.26. The fraction of sp³-hybridized carbons (Fsp3) is 0.854. The van der Waals surface area contributed by atoms with Crippen molar-refractivity contribution >= 4 is 23.4 Å². The molecule has 0 fully saturated rings. The summed E-state index contributed by atoms with van der Waals surface area (Å²) in [5.41, 5.74) is 0. The van der Waals surface area contributed by atoms with Crippen molar-refractivity contribution in [3.8, 4) is 0 Å². The number of hydrogen-bond acceptors (Lipinski definition) is 3. The number of carbonyl (C=O) groups excluding carboxylic acids is 2. The number of nitrogens with zero attached hydrogens (tertiary/aromatic N) is 1. The Labute approximate surface area is 297 Å². The second kappa shape index (κ2) is 37.5. The average molecular weight is 681 g/mol. The van der Waals surface area contributed by atoms with Crippen molar-refractivity contribution in [3.05, 3.63) is 24.3 Å². The maximum absolute atomic E-state index is 12.4. The van der Waals surface area contributed by atoms with E-state index in [1.54, 1.807) is 0 Å². The molecule has 2 amide bonds. The number of alkyl halides is 1. The quantitative estimate of drug-likeness (QED) is 0.0300. The molecule has 47 heavy (non-hydrogen) atoms. The van der Waals surface area contributed by atoms with Gasteiger partial charge in [0.1, 0.15) is 0 Å². The Morgan fingerprint density at radius 2 is 0.809 bits per heavy atom. The molecule has 0 spiro atoms. The number of nitrogens with one attached hydrogen (secondary N) is 2. The van der Waals surface area contributed by atoms with Crippen LogP contribution in [0.3, 0.4) is 0 Å². The van der Waals surface area contributed by atoms with Gasteiger partial charge < -0.3 is 10.6 Å². The van der Waals surface area contributed by atoms with Crippen molar-refractivity contribution in [1.29, 1.82) is 0 Å². The van der Waals surface area contributed by atoms with Crippen LogP contribution in [0.4, 0.5) is 0 Å². The molecule has 6 heteroatoms. The Bertz CT molecular complexity index is 686. The minimum absolute atomic E-state index is 0.0105. The van der Waals surface area contributed by atoms with Crippen LogP contribution in [-0.2, 0) is 9.59 Å². The minimum Gasteiger partial charge on any atom is -0.354 e. The van der Waals surface area contributed by atoms with Crippen molar-refractivity contribution in [3.63, 3.8) is 0 Å². The highest BCUT2D eigenvalue weighted by molar-refractivity contribution is 6.17. The molecule has 0 aliphatic heterocycles. The van der Waals surface area contributed by atoms with E-state index in [1.807, 2.05) is 11.9 Å². The highest BCUT2D eigenvalue weighted by atomic mass is 35.5.